The van der Waals surface area contributed by atoms with Gasteiger partial charge in [-0.25, -0.2) is 0 Å². The molecule has 0 aliphatic carbocycles. The summed E-state index contributed by atoms with van der Waals surface area (Å²) in [6.07, 6.45) is 1.11. The maximum absolute atomic E-state index is 2.38. The first kappa shape index (κ1) is 12.2. The SMILES string of the molecule is CCc1cc2cc3ccccc3cc2cc1C(C)C. The number of hydrogen-bond acceptors (Lipinski definition) is 0. The van der Waals surface area contributed by atoms with Crippen LogP contribution >= 0.6 is 0 Å². The van der Waals surface area contributed by atoms with Gasteiger partial charge in [0.15, 0.2) is 0 Å². The molecule has 0 nitrogen and oxygen atoms in total. The zero-order chi connectivity index (χ0) is 13.4. The molecule has 96 valence electrons. The number of fused-ring (bicyclic) bond motifs is 2. The molecule has 0 bridgehead atoms. The summed E-state index contributed by atoms with van der Waals surface area (Å²) in [4.78, 5) is 0. The van der Waals surface area contributed by atoms with Crippen LogP contribution in [0.25, 0.3) is 21.5 Å². The number of rotatable bonds is 2. The maximum Gasteiger partial charge on any atom is -0.0175 e. The summed E-state index contributed by atoms with van der Waals surface area (Å²) in [7, 11) is 0. The molecular weight excluding hydrogens is 228 g/mol. The van der Waals surface area contributed by atoms with E-state index in [1.807, 2.05) is 0 Å². The van der Waals surface area contributed by atoms with Crippen LogP contribution < -0.4 is 0 Å². The molecule has 0 aromatic heterocycles. The Morgan fingerprint density at radius 1 is 0.789 bits per heavy atom. The lowest BCUT2D eigenvalue weighted by Crippen LogP contribution is -1.95. The van der Waals surface area contributed by atoms with Crippen LogP contribution in [-0.2, 0) is 6.42 Å². The van der Waals surface area contributed by atoms with Crippen LogP contribution in [0.15, 0.2) is 48.5 Å². The second-order valence-corrected chi connectivity index (χ2v) is 5.61. The summed E-state index contributed by atoms with van der Waals surface area (Å²) >= 11 is 0. The Labute approximate surface area is 115 Å². The molecule has 0 fully saturated rings. The monoisotopic (exact) mass is 248 g/mol. The summed E-state index contributed by atoms with van der Waals surface area (Å²) < 4.78 is 0. The normalized spacial score (nSPS) is 11.6. The van der Waals surface area contributed by atoms with Gasteiger partial charge in [-0.15, -0.1) is 0 Å². The van der Waals surface area contributed by atoms with Gasteiger partial charge in [0.1, 0.15) is 0 Å². The number of aryl methyl sites for hydroxylation is 1. The Kier molecular flexibility index (Phi) is 3.02. The lowest BCUT2D eigenvalue weighted by Gasteiger charge is -2.14. The molecule has 0 aliphatic heterocycles. The van der Waals surface area contributed by atoms with Crippen molar-refractivity contribution in [1.29, 1.82) is 0 Å². The van der Waals surface area contributed by atoms with Crippen LogP contribution in [0, 0.1) is 0 Å². The van der Waals surface area contributed by atoms with E-state index in [1.165, 1.54) is 32.7 Å². The third-order valence-corrected chi connectivity index (χ3v) is 3.97. The van der Waals surface area contributed by atoms with Gasteiger partial charge in [-0.2, -0.15) is 0 Å². The van der Waals surface area contributed by atoms with Crippen LogP contribution in [0.3, 0.4) is 0 Å². The van der Waals surface area contributed by atoms with E-state index in [2.05, 4.69) is 69.3 Å². The maximum atomic E-state index is 2.38. The molecule has 0 atom stereocenters. The van der Waals surface area contributed by atoms with Crippen molar-refractivity contribution < 1.29 is 0 Å². The second kappa shape index (κ2) is 4.70. The lowest BCUT2D eigenvalue weighted by molar-refractivity contribution is 0.847. The first-order valence-corrected chi connectivity index (χ1v) is 7.14. The van der Waals surface area contributed by atoms with Crippen molar-refractivity contribution in [2.24, 2.45) is 0 Å². The van der Waals surface area contributed by atoms with E-state index in [-0.39, 0.29) is 0 Å². The third kappa shape index (κ3) is 2.12. The van der Waals surface area contributed by atoms with Crippen LogP contribution in [0.5, 0.6) is 0 Å². The summed E-state index contributed by atoms with van der Waals surface area (Å²) in [5.41, 5.74) is 2.98. The van der Waals surface area contributed by atoms with E-state index in [0.717, 1.165) is 6.42 Å². The molecule has 0 N–H and O–H groups in total. The number of benzene rings is 3. The Morgan fingerprint density at radius 2 is 1.37 bits per heavy atom. The topological polar surface area (TPSA) is 0 Å². The lowest BCUT2D eigenvalue weighted by atomic mass is 9.91. The summed E-state index contributed by atoms with van der Waals surface area (Å²) in [6.45, 7) is 6.80. The molecule has 0 saturated carbocycles. The van der Waals surface area contributed by atoms with Crippen molar-refractivity contribution in [3.8, 4) is 0 Å². The van der Waals surface area contributed by atoms with E-state index in [0.29, 0.717) is 5.92 Å². The molecule has 3 rings (SSSR count). The predicted octanol–water partition coefficient (Wildman–Crippen LogP) is 5.68. The summed E-state index contributed by atoms with van der Waals surface area (Å²) in [6, 6.07) is 18.0. The zero-order valence-electron chi connectivity index (χ0n) is 11.9. The molecule has 3 aromatic carbocycles. The quantitative estimate of drug-likeness (QED) is 0.512. The highest BCUT2D eigenvalue weighted by Crippen LogP contribution is 2.29. The van der Waals surface area contributed by atoms with Gasteiger partial charge in [-0.05, 0) is 57.1 Å². The van der Waals surface area contributed by atoms with E-state index < -0.39 is 0 Å². The highest BCUT2D eigenvalue weighted by atomic mass is 14.1. The first-order chi connectivity index (χ1) is 9.19. The van der Waals surface area contributed by atoms with E-state index in [4.69, 9.17) is 0 Å². The molecule has 0 aliphatic rings. The van der Waals surface area contributed by atoms with Crippen molar-refractivity contribution in [2.45, 2.75) is 33.1 Å². The average Bonchev–Trinajstić information content (AvgIpc) is 2.43. The fourth-order valence-electron chi connectivity index (χ4n) is 2.90. The highest BCUT2D eigenvalue weighted by molar-refractivity contribution is 5.98. The molecule has 19 heavy (non-hydrogen) atoms. The van der Waals surface area contributed by atoms with Crippen LogP contribution in [0.4, 0.5) is 0 Å². The fraction of sp³-hybridized carbons (Fsp3) is 0.263. The number of hydrogen-bond donors (Lipinski definition) is 0. The van der Waals surface area contributed by atoms with E-state index >= 15 is 0 Å². The van der Waals surface area contributed by atoms with Crippen molar-refractivity contribution in [1.82, 2.24) is 0 Å². The Bertz CT molecular complexity index is 735. The molecule has 0 unspecified atom stereocenters. The Morgan fingerprint density at radius 3 is 1.89 bits per heavy atom. The smallest absolute Gasteiger partial charge is 0.0175 e. The van der Waals surface area contributed by atoms with Gasteiger partial charge in [-0.3, -0.25) is 0 Å². The molecular formula is C19H20. The minimum Gasteiger partial charge on any atom is -0.0616 e. The van der Waals surface area contributed by atoms with Crippen molar-refractivity contribution in [3.63, 3.8) is 0 Å². The van der Waals surface area contributed by atoms with Gasteiger partial charge in [0.05, 0.1) is 0 Å². The van der Waals surface area contributed by atoms with Gasteiger partial charge in [0, 0.05) is 0 Å². The Hall–Kier alpha value is -1.82. The average molecular weight is 248 g/mol. The van der Waals surface area contributed by atoms with Crippen LogP contribution in [0.1, 0.15) is 37.8 Å². The van der Waals surface area contributed by atoms with Gasteiger partial charge in [0.25, 0.3) is 0 Å². The summed E-state index contributed by atoms with van der Waals surface area (Å²) in [5.74, 6) is 0.589. The van der Waals surface area contributed by atoms with Crippen molar-refractivity contribution >= 4 is 21.5 Å². The largest absolute Gasteiger partial charge is 0.0616 e. The predicted molar refractivity (Wildman–Crippen MR) is 84.9 cm³/mol. The van der Waals surface area contributed by atoms with Crippen molar-refractivity contribution in [3.05, 3.63) is 59.7 Å². The summed E-state index contributed by atoms with van der Waals surface area (Å²) in [5, 5.41) is 5.38. The van der Waals surface area contributed by atoms with Crippen molar-refractivity contribution in [2.75, 3.05) is 0 Å². The van der Waals surface area contributed by atoms with Gasteiger partial charge in [-0.1, -0.05) is 57.2 Å². The fourth-order valence-corrected chi connectivity index (χ4v) is 2.90. The van der Waals surface area contributed by atoms with Gasteiger partial charge < -0.3 is 0 Å². The van der Waals surface area contributed by atoms with Crippen LogP contribution in [-0.4, -0.2) is 0 Å². The second-order valence-electron chi connectivity index (χ2n) is 5.61. The zero-order valence-corrected chi connectivity index (χ0v) is 11.9. The Balaban J connectivity index is 2.35. The molecule has 0 heteroatoms. The first-order valence-electron chi connectivity index (χ1n) is 7.14. The standard InChI is InChI=1S/C19H20/c1-4-14-9-17-10-15-7-5-6-8-16(15)11-18(17)12-19(14)13(2)3/h5-13H,4H2,1-3H3. The molecule has 0 heterocycles. The molecule has 0 saturated heterocycles. The minimum absolute atomic E-state index is 0.589. The van der Waals surface area contributed by atoms with E-state index in [1.54, 1.807) is 0 Å². The van der Waals surface area contributed by atoms with Crippen LogP contribution in [0.2, 0.25) is 0 Å². The molecule has 0 amide bonds. The van der Waals surface area contributed by atoms with Gasteiger partial charge >= 0.3 is 0 Å². The molecule has 0 spiro atoms. The molecule has 0 radical (unpaired) electrons. The van der Waals surface area contributed by atoms with E-state index in [9.17, 15) is 0 Å². The van der Waals surface area contributed by atoms with Gasteiger partial charge in [0.2, 0.25) is 0 Å². The molecule has 3 aromatic rings. The third-order valence-electron chi connectivity index (χ3n) is 3.97. The highest BCUT2D eigenvalue weighted by Gasteiger charge is 2.08. The minimum atomic E-state index is 0.589.